The Bertz CT molecular complexity index is 1110. The van der Waals surface area contributed by atoms with E-state index in [-0.39, 0.29) is 35.0 Å². The topological polar surface area (TPSA) is 49.3 Å². The van der Waals surface area contributed by atoms with E-state index in [1.165, 1.54) is 19.9 Å². The summed E-state index contributed by atoms with van der Waals surface area (Å²) in [6.45, 7) is 3.32. The number of fused-ring (bicyclic) bond motifs is 1. The summed E-state index contributed by atoms with van der Waals surface area (Å²) in [4.78, 5) is 11.0. The van der Waals surface area contributed by atoms with E-state index in [1.807, 2.05) is 0 Å². The van der Waals surface area contributed by atoms with E-state index < -0.39 is 41.6 Å². The summed E-state index contributed by atoms with van der Waals surface area (Å²) in [6, 6.07) is -2.76. The molecule has 0 unspecified atom stereocenters. The minimum Gasteiger partial charge on any atom is -0.480 e. The van der Waals surface area contributed by atoms with Gasteiger partial charge in [-0.2, -0.15) is 0 Å². The smallest absolute Gasteiger partial charge is 0.321 e. The number of aliphatic carboxylic acids is 1. The quantitative estimate of drug-likeness (QED) is 0.655. The van der Waals surface area contributed by atoms with Gasteiger partial charge in [-0.25, -0.2) is 0 Å². The fourth-order valence-corrected chi connectivity index (χ4v) is 1.67. The second-order valence-corrected chi connectivity index (χ2v) is 5.34. The number of hydrogen-bond acceptors (Lipinski definition) is 2. The van der Waals surface area contributed by atoms with Crippen molar-refractivity contribution in [2.75, 3.05) is 6.54 Å². The van der Waals surface area contributed by atoms with E-state index in [0.717, 1.165) is 0 Å². The SMILES string of the molecule is [2H]c1c([2H])c([2H])c2c(CNCC=CC#CC(C)(C)C(=O)O)c([2H])c([2H])c([2H])c2c1[2H]. The molecule has 0 radical (unpaired) electrons. The zero-order valence-corrected chi connectivity index (χ0v) is 12.9. The molecule has 0 saturated heterocycles. The van der Waals surface area contributed by atoms with Crippen LogP contribution in [0.25, 0.3) is 10.8 Å². The standard InChI is InChI=1S/C20H21NO2/c1-20(2,19(22)23)13-6-3-7-14-21-15-17-11-8-10-16-9-4-5-12-18(16)17/h3-5,7-12,21H,14-15H2,1-2H3,(H,22,23)/i4D,5D,8D,9D,10D,11D,12D. The fraction of sp³-hybridized carbons (Fsp3) is 0.250. The molecule has 118 valence electrons. The van der Waals surface area contributed by atoms with Crippen LogP contribution in [-0.2, 0) is 11.3 Å². The van der Waals surface area contributed by atoms with Gasteiger partial charge in [0.2, 0.25) is 0 Å². The lowest BCUT2D eigenvalue weighted by atomic mass is 9.95. The predicted octanol–water partition coefficient (Wildman–Crippen LogP) is 3.60. The monoisotopic (exact) mass is 314 g/mol. The van der Waals surface area contributed by atoms with E-state index in [0.29, 0.717) is 6.54 Å². The van der Waals surface area contributed by atoms with E-state index in [4.69, 9.17) is 14.7 Å². The minimum atomic E-state index is -1.16. The van der Waals surface area contributed by atoms with Gasteiger partial charge in [-0.3, -0.25) is 4.79 Å². The van der Waals surface area contributed by atoms with Crippen molar-refractivity contribution in [3.63, 3.8) is 0 Å². The van der Waals surface area contributed by atoms with E-state index in [1.54, 1.807) is 6.08 Å². The molecule has 0 saturated carbocycles. The van der Waals surface area contributed by atoms with Crippen molar-refractivity contribution < 1.29 is 19.5 Å². The van der Waals surface area contributed by atoms with E-state index >= 15 is 0 Å². The molecule has 0 bridgehead atoms. The average molecular weight is 314 g/mol. The molecule has 3 heteroatoms. The number of rotatable bonds is 5. The second kappa shape index (κ2) is 7.62. The van der Waals surface area contributed by atoms with Crippen molar-refractivity contribution in [2.45, 2.75) is 20.4 Å². The Morgan fingerprint density at radius 3 is 2.83 bits per heavy atom. The molecule has 0 amide bonds. The minimum absolute atomic E-state index is 0.0436. The molecule has 0 aliphatic heterocycles. The van der Waals surface area contributed by atoms with Crippen molar-refractivity contribution in [3.8, 4) is 11.8 Å². The Hall–Kier alpha value is -2.57. The first-order valence-corrected chi connectivity index (χ1v) is 7.02. The molecule has 0 aliphatic carbocycles. The van der Waals surface area contributed by atoms with Crippen molar-refractivity contribution in [1.82, 2.24) is 5.32 Å². The summed E-state index contributed by atoms with van der Waals surface area (Å²) in [5.41, 5.74) is -0.952. The maximum atomic E-state index is 11.0. The largest absolute Gasteiger partial charge is 0.480 e. The van der Waals surface area contributed by atoms with Gasteiger partial charge in [0.15, 0.2) is 0 Å². The van der Waals surface area contributed by atoms with E-state index in [2.05, 4.69) is 17.2 Å². The lowest BCUT2D eigenvalue weighted by Crippen LogP contribution is -2.21. The van der Waals surface area contributed by atoms with Crippen molar-refractivity contribution in [1.29, 1.82) is 0 Å². The molecule has 2 rings (SSSR count). The fourth-order valence-electron chi connectivity index (χ4n) is 1.67. The highest BCUT2D eigenvalue weighted by atomic mass is 16.4. The number of carbonyl (C=O) groups is 1. The third kappa shape index (κ3) is 4.70. The number of carboxylic acid groups (broad SMARTS) is 1. The number of nitrogens with one attached hydrogen (secondary N) is 1. The summed E-state index contributed by atoms with van der Waals surface area (Å²) in [7, 11) is 0. The Kier molecular flexibility index (Phi) is 3.16. The zero-order chi connectivity index (χ0) is 22.8. The first-order valence-electron chi connectivity index (χ1n) is 10.5. The molecule has 0 heterocycles. The van der Waals surface area contributed by atoms with Crippen LogP contribution in [0.15, 0.2) is 54.4 Å². The second-order valence-electron chi connectivity index (χ2n) is 5.34. The molecule has 2 aromatic rings. The van der Waals surface area contributed by atoms with Crippen LogP contribution in [0, 0.1) is 17.3 Å². The van der Waals surface area contributed by atoms with Gasteiger partial charge >= 0.3 is 5.97 Å². The first kappa shape index (κ1) is 9.54. The molecular formula is C20H21NO2. The third-order valence-corrected chi connectivity index (χ3v) is 3.07. The van der Waals surface area contributed by atoms with Crippen molar-refractivity contribution in [2.24, 2.45) is 5.41 Å². The predicted molar refractivity (Wildman–Crippen MR) is 94.0 cm³/mol. The van der Waals surface area contributed by atoms with Crippen LogP contribution in [0.4, 0.5) is 0 Å². The van der Waals surface area contributed by atoms with Crippen LogP contribution < -0.4 is 5.32 Å². The van der Waals surface area contributed by atoms with Crippen LogP contribution in [-0.4, -0.2) is 17.6 Å². The Labute approximate surface area is 146 Å². The highest BCUT2D eigenvalue weighted by Gasteiger charge is 2.23. The van der Waals surface area contributed by atoms with Gasteiger partial charge in [0, 0.05) is 13.1 Å². The van der Waals surface area contributed by atoms with Crippen LogP contribution in [0.3, 0.4) is 0 Å². The third-order valence-electron chi connectivity index (χ3n) is 3.07. The zero-order valence-electron chi connectivity index (χ0n) is 19.9. The van der Waals surface area contributed by atoms with Crippen LogP contribution in [0.2, 0.25) is 0 Å². The van der Waals surface area contributed by atoms with Crippen molar-refractivity contribution >= 4 is 16.7 Å². The number of allylic oxidation sites excluding steroid dienone is 1. The summed E-state index contributed by atoms with van der Waals surface area (Å²) < 4.78 is 56.1. The van der Waals surface area contributed by atoms with Gasteiger partial charge in [0.1, 0.15) is 5.41 Å². The summed E-state index contributed by atoms with van der Waals surface area (Å²) >= 11 is 0. The molecule has 0 aromatic heterocycles. The van der Waals surface area contributed by atoms with Crippen LogP contribution in [0.1, 0.15) is 29.0 Å². The molecule has 2 aromatic carbocycles. The highest BCUT2D eigenvalue weighted by Crippen LogP contribution is 2.18. The molecule has 3 nitrogen and oxygen atoms in total. The Balaban J connectivity index is 2.32. The van der Waals surface area contributed by atoms with Gasteiger partial charge in [0.05, 0.1) is 9.60 Å². The Morgan fingerprint density at radius 1 is 1.30 bits per heavy atom. The van der Waals surface area contributed by atoms with Crippen LogP contribution >= 0.6 is 0 Å². The van der Waals surface area contributed by atoms with E-state index in [9.17, 15) is 4.79 Å². The normalized spacial score (nSPS) is 15.7. The van der Waals surface area contributed by atoms with Gasteiger partial charge in [-0.1, -0.05) is 60.2 Å². The highest BCUT2D eigenvalue weighted by molar-refractivity contribution is 5.85. The number of benzene rings is 2. The lowest BCUT2D eigenvalue weighted by Gasteiger charge is -2.08. The summed E-state index contributed by atoms with van der Waals surface area (Å²) in [6.07, 6.45) is 3.14. The molecule has 23 heavy (non-hydrogen) atoms. The molecule has 0 fully saturated rings. The summed E-state index contributed by atoms with van der Waals surface area (Å²) in [5.74, 6) is 4.24. The maximum absolute atomic E-state index is 11.0. The number of carboxylic acids is 1. The maximum Gasteiger partial charge on any atom is 0.321 e. The molecular weight excluding hydrogens is 286 g/mol. The summed E-state index contributed by atoms with van der Waals surface area (Å²) in [5, 5.41) is 12.0. The van der Waals surface area contributed by atoms with Gasteiger partial charge in [0.25, 0.3) is 0 Å². The average Bonchev–Trinajstić information content (AvgIpc) is 2.69. The van der Waals surface area contributed by atoms with Gasteiger partial charge < -0.3 is 10.4 Å². The lowest BCUT2D eigenvalue weighted by molar-refractivity contribution is -0.143. The molecule has 0 aliphatic rings. The Morgan fingerprint density at radius 2 is 2.04 bits per heavy atom. The van der Waals surface area contributed by atoms with Crippen LogP contribution in [0.5, 0.6) is 0 Å². The number of hydrogen-bond donors (Lipinski definition) is 2. The van der Waals surface area contributed by atoms with Gasteiger partial charge in [-0.15, -0.1) is 0 Å². The molecule has 0 atom stereocenters. The van der Waals surface area contributed by atoms with Gasteiger partial charge in [-0.05, 0) is 36.3 Å². The molecule has 2 N–H and O–H groups in total. The first-order chi connectivity index (χ1) is 13.9. The van der Waals surface area contributed by atoms with Crippen molar-refractivity contribution in [3.05, 3.63) is 60.0 Å². The molecule has 0 spiro atoms.